The maximum atomic E-state index is 10.5. The summed E-state index contributed by atoms with van der Waals surface area (Å²) in [5, 5.41) is 14.6. The lowest BCUT2D eigenvalue weighted by atomic mass is 10.0. The first-order valence-corrected chi connectivity index (χ1v) is 6.93. The Labute approximate surface area is 115 Å². The highest BCUT2D eigenvalue weighted by atomic mass is 79.9. The highest BCUT2D eigenvalue weighted by molar-refractivity contribution is 9.10. The molecule has 0 amide bonds. The quantitative estimate of drug-likeness (QED) is 0.926. The van der Waals surface area contributed by atoms with Gasteiger partial charge < -0.3 is 5.11 Å². The Morgan fingerprint density at radius 3 is 2.83 bits per heavy atom. The summed E-state index contributed by atoms with van der Waals surface area (Å²) in [6, 6.07) is 6.30. The van der Waals surface area contributed by atoms with Crippen molar-refractivity contribution >= 4 is 15.9 Å². The van der Waals surface area contributed by atoms with Crippen LogP contribution in [0.1, 0.15) is 34.9 Å². The molecule has 1 N–H and O–H groups in total. The first-order valence-electron chi connectivity index (χ1n) is 6.14. The Balaban J connectivity index is 2.00. The molecule has 0 bridgehead atoms. The molecule has 1 aliphatic rings. The number of hydrogen-bond donors (Lipinski definition) is 1. The molecule has 1 aromatic carbocycles. The minimum absolute atomic E-state index is 0.627. The SMILES string of the molecule is Cn1ncc(Br)c1C(O)c1ccc2c(c1)CCC2. The van der Waals surface area contributed by atoms with E-state index in [1.165, 1.54) is 24.0 Å². The molecule has 94 valence electrons. The molecule has 0 radical (unpaired) electrons. The number of aryl methyl sites for hydroxylation is 3. The van der Waals surface area contributed by atoms with Crippen molar-refractivity contribution in [2.45, 2.75) is 25.4 Å². The average molecular weight is 307 g/mol. The third kappa shape index (κ3) is 1.89. The van der Waals surface area contributed by atoms with Crippen LogP contribution in [0.4, 0.5) is 0 Å². The van der Waals surface area contributed by atoms with Crippen molar-refractivity contribution in [2.24, 2.45) is 7.05 Å². The molecule has 1 unspecified atom stereocenters. The van der Waals surface area contributed by atoms with Crippen LogP contribution in [0.15, 0.2) is 28.9 Å². The molecule has 1 atom stereocenters. The van der Waals surface area contributed by atoms with Crippen LogP contribution in [0.25, 0.3) is 0 Å². The fraction of sp³-hybridized carbons (Fsp3) is 0.357. The van der Waals surface area contributed by atoms with E-state index in [1.807, 2.05) is 13.1 Å². The number of aromatic nitrogens is 2. The van der Waals surface area contributed by atoms with Crippen LogP contribution in [-0.2, 0) is 19.9 Å². The molecule has 1 aromatic heterocycles. The van der Waals surface area contributed by atoms with Crippen molar-refractivity contribution in [3.63, 3.8) is 0 Å². The van der Waals surface area contributed by atoms with Gasteiger partial charge >= 0.3 is 0 Å². The molecule has 1 heterocycles. The molecule has 4 heteroatoms. The topological polar surface area (TPSA) is 38.0 Å². The van der Waals surface area contributed by atoms with Crippen LogP contribution in [0.5, 0.6) is 0 Å². The smallest absolute Gasteiger partial charge is 0.122 e. The monoisotopic (exact) mass is 306 g/mol. The molecule has 0 fully saturated rings. The van der Waals surface area contributed by atoms with Gasteiger partial charge in [0.2, 0.25) is 0 Å². The van der Waals surface area contributed by atoms with Gasteiger partial charge in [0, 0.05) is 7.05 Å². The van der Waals surface area contributed by atoms with Crippen molar-refractivity contribution in [3.05, 3.63) is 51.3 Å². The molecule has 0 saturated heterocycles. The largest absolute Gasteiger partial charge is 0.382 e. The predicted octanol–water partition coefficient (Wildman–Crippen LogP) is 2.75. The molecule has 0 saturated carbocycles. The van der Waals surface area contributed by atoms with E-state index in [2.05, 4.69) is 33.2 Å². The highest BCUT2D eigenvalue weighted by Crippen LogP contribution is 2.31. The van der Waals surface area contributed by atoms with Gasteiger partial charge in [0.25, 0.3) is 0 Å². The molecule has 3 rings (SSSR count). The van der Waals surface area contributed by atoms with Crippen LogP contribution < -0.4 is 0 Å². The minimum Gasteiger partial charge on any atom is -0.382 e. The Bertz CT molecular complexity index is 572. The first-order chi connectivity index (χ1) is 8.66. The zero-order chi connectivity index (χ0) is 12.7. The van der Waals surface area contributed by atoms with Gasteiger partial charge in [0.15, 0.2) is 0 Å². The second-order valence-electron chi connectivity index (χ2n) is 4.79. The molecule has 0 spiro atoms. The Morgan fingerprint density at radius 1 is 1.33 bits per heavy atom. The maximum absolute atomic E-state index is 10.5. The van der Waals surface area contributed by atoms with Crippen molar-refractivity contribution in [1.82, 2.24) is 9.78 Å². The second-order valence-corrected chi connectivity index (χ2v) is 5.64. The van der Waals surface area contributed by atoms with Gasteiger partial charge in [-0.2, -0.15) is 5.10 Å². The van der Waals surface area contributed by atoms with Crippen LogP contribution in [-0.4, -0.2) is 14.9 Å². The number of fused-ring (bicyclic) bond motifs is 1. The van der Waals surface area contributed by atoms with Crippen molar-refractivity contribution < 1.29 is 5.11 Å². The molecular formula is C14H15BrN2O. The van der Waals surface area contributed by atoms with Crippen molar-refractivity contribution in [1.29, 1.82) is 0 Å². The number of halogens is 1. The second kappa shape index (κ2) is 4.52. The summed E-state index contributed by atoms with van der Waals surface area (Å²) < 4.78 is 2.56. The van der Waals surface area contributed by atoms with Gasteiger partial charge in [0.05, 0.1) is 16.4 Å². The van der Waals surface area contributed by atoms with Crippen molar-refractivity contribution in [2.75, 3.05) is 0 Å². The average Bonchev–Trinajstić information content (AvgIpc) is 2.94. The van der Waals surface area contributed by atoms with Crippen LogP contribution in [0, 0.1) is 0 Å². The Kier molecular flexibility index (Phi) is 2.99. The highest BCUT2D eigenvalue weighted by Gasteiger charge is 2.20. The third-order valence-corrected chi connectivity index (χ3v) is 4.25. The zero-order valence-electron chi connectivity index (χ0n) is 10.2. The Morgan fingerprint density at radius 2 is 2.11 bits per heavy atom. The number of hydrogen-bond acceptors (Lipinski definition) is 2. The number of rotatable bonds is 2. The molecule has 1 aliphatic carbocycles. The van der Waals surface area contributed by atoms with Crippen LogP contribution in [0.2, 0.25) is 0 Å². The number of aliphatic hydroxyl groups excluding tert-OH is 1. The van der Waals surface area contributed by atoms with E-state index in [4.69, 9.17) is 0 Å². The summed E-state index contributed by atoms with van der Waals surface area (Å²) in [5.74, 6) is 0. The predicted molar refractivity (Wildman–Crippen MR) is 73.4 cm³/mol. The van der Waals surface area contributed by atoms with E-state index in [-0.39, 0.29) is 0 Å². The molecule has 2 aromatic rings. The number of aliphatic hydroxyl groups is 1. The maximum Gasteiger partial charge on any atom is 0.122 e. The molecule has 3 nitrogen and oxygen atoms in total. The van der Waals surface area contributed by atoms with E-state index in [0.717, 1.165) is 22.2 Å². The molecular weight excluding hydrogens is 292 g/mol. The zero-order valence-corrected chi connectivity index (χ0v) is 11.8. The standard InChI is InChI=1S/C14H15BrN2O/c1-17-13(12(15)8-16-17)14(18)11-6-5-9-3-2-4-10(9)7-11/h5-8,14,18H,2-4H2,1H3. The van der Waals surface area contributed by atoms with E-state index >= 15 is 0 Å². The lowest BCUT2D eigenvalue weighted by Gasteiger charge is -2.13. The van der Waals surface area contributed by atoms with Gasteiger partial charge in [-0.3, -0.25) is 4.68 Å². The number of nitrogens with zero attached hydrogens (tertiary/aromatic N) is 2. The summed E-state index contributed by atoms with van der Waals surface area (Å²) >= 11 is 3.43. The van der Waals surface area contributed by atoms with Crippen molar-refractivity contribution in [3.8, 4) is 0 Å². The van der Waals surface area contributed by atoms with Gasteiger partial charge in [-0.05, 0) is 51.9 Å². The van der Waals surface area contributed by atoms with Gasteiger partial charge in [-0.25, -0.2) is 0 Å². The minimum atomic E-state index is -0.627. The van der Waals surface area contributed by atoms with Gasteiger partial charge in [0.1, 0.15) is 6.10 Å². The van der Waals surface area contributed by atoms with Crippen LogP contribution in [0.3, 0.4) is 0 Å². The van der Waals surface area contributed by atoms with Gasteiger partial charge in [-0.1, -0.05) is 18.2 Å². The van der Waals surface area contributed by atoms with E-state index in [0.29, 0.717) is 0 Å². The molecule has 18 heavy (non-hydrogen) atoms. The first kappa shape index (κ1) is 11.9. The normalized spacial score (nSPS) is 15.7. The lowest BCUT2D eigenvalue weighted by Crippen LogP contribution is -2.07. The van der Waals surface area contributed by atoms with Crippen LogP contribution >= 0.6 is 15.9 Å². The third-order valence-electron chi connectivity index (χ3n) is 3.63. The lowest BCUT2D eigenvalue weighted by molar-refractivity contribution is 0.209. The van der Waals surface area contributed by atoms with E-state index in [1.54, 1.807) is 10.9 Å². The fourth-order valence-corrected chi connectivity index (χ4v) is 3.21. The number of benzene rings is 1. The van der Waals surface area contributed by atoms with E-state index in [9.17, 15) is 5.11 Å². The summed E-state index contributed by atoms with van der Waals surface area (Å²) in [6.07, 6.45) is 4.61. The summed E-state index contributed by atoms with van der Waals surface area (Å²) in [4.78, 5) is 0. The summed E-state index contributed by atoms with van der Waals surface area (Å²) in [7, 11) is 1.84. The van der Waals surface area contributed by atoms with Gasteiger partial charge in [-0.15, -0.1) is 0 Å². The van der Waals surface area contributed by atoms with E-state index < -0.39 is 6.10 Å². The Hall–Kier alpha value is -1.13. The summed E-state index contributed by atoms with van der Waals surface area (Å²) in [6.45, 7) is 0. The molecule has 0 aliphatic heterocycles. The fourth-order valence-electron chi connectivity index (χ4n) is 2.65. The summed E-state index contributed by atoms with van der Waals surface area (Å²) in [5.41, 5.74) is 4.55.